The lowest BCUT2D eigenvalue weighted by molar-refractivity contribution is -0.128. The van der Waals surface area contributed by atoms with E-state index < -0.39 is 0 Å². The van der Waals surface area contributed by atoms with Crippen molar-refractivity contribution in [2.24, 2.45) is 0 Å². The Hall–Kier alpha value is -2.26. The summed E-state index contributed by atoms with van der Waals surface area (Å²) in [5, 5.41) is -0.317. The molecule has 27 heavy (non-hydrogen) atoms. The van der Waals surface area contributed by atoms with Gasteiger partial charge in [0.2, 0.25) is 11.8 Å². The van der Waals surface area contributed by atoms with Gasteiger partial charge in [-0.1, -0.05) is 16.9 Å². The molecule has 1 aliphatic rings. The summed E-state index contributed by atoms with van der Waals surface area (Å²) in [5.41, 5.74) is 0.876. The third kappa shape index (κ3) is 5.61. The lowest BCUT2D eigenvalue weighted by Crippen LogP contribution is -2.24. The highest BCUT2D eigenvalue weighted by atomic mass is 33.1. The van der Waals surface area contributed by atoms with E-state index in [1.54, 1.807) is 17.2 Å². The van der Waals surface area contributed by atoms with Crippen molar-refractivity contribution in [3.8, 4) is 11.6 Å². The van der Waals surface area contributed by atoms with Crippen molar-refractivity contribution < 1.29 is 23.5 Å². The second-order valence-electron chi connectivity index (χ2n) is 5.79. The monoisotopic (exact) mass is 408 g/mol. The van der Waals surface area contributed by atoms with E-state index in [0.29, 0.717) is 31.1 Å². The Morgan fingerprint density at radius 1 is 1.30 bits per heavy atom. The summed E-state index contributed by atoms with van der Waals surface area (Å²) in [6.07, 6.45) is 2.05. The van der Waals surface area contributed by atoms with Gasteiger partial charge in [-0.25, -0.2) is 14.2 Å². The Bertz CT molecular complexity index is 802. The van der Waals surface area contributed by atoms with Gasteiger partial charge in [0, 0.05) is 47.8 Å². The highest BCUT2D eigenvalue weighted by Crippen LogP contribution is 2.34. The smallest absolute Gasteiger partial charge is 0.377 e. The molecule has 1 aliphatic heterocycles. The maximum Gasteiger partial charge on any atom is 0.377 e. The van der Waals surface area contributed by atoms with E-state index in [1.807, 2.05) is 6.07 Å². The largest absolute Gasteiger partial charge is 0.460 e. The summed E-state index contributed by atoms with van der Waals surface area (Å²) in [6.45, 7) is 1.02. The Balaban J connectivity index is 1.52. The average Bonchev–Trinajstić information content (AvgIpc) is 3.02. The Morgan fingerprint density at radius 2 is 2.07 bits per heavy atom. The molecule has 1 saturated heterocycles. The molecule has 1 fully saturated rings. The topological polar surface area (TPSA) is 68.7 Å². The molecule has 2 heterocycles. The van der Waals surface area contributed by atoms with Crippen molar-refractivity contribution in [1.29, 1.82) is 0 Å². The predicted octanol–water partition coefficient (Wildman–Crippen LogP) is 4.26. The lowest BCUT2D eigenvalue weighted by atomic mass is 10.2. The van der Waals surface area contributed by atoms with E-state index in [-0.39, 0.29) is 22.3 Å². The molecular weight excluding hydrogens is 391 g/mol. The van der Waals surface area contributed by atoms with E-state index in [2.05, 4.69) is 9.72 Å². The number of aromatic nitrogens is 1. The number of hydrogen-bond donors (Lipinski definition) is 0. The van der Waals surface area contributed by atoms with Gasteiger partial charge in [-0.15, -0.1) is 0 Å². The van der Waals surface area contributed by atoms with Gasteiger partial charge in [0.25, 0.3) is 0 Å². The molecule has 0 saturated carbocycles. The fourth-order valence-electron chi connectivity index (χ4n) is 2.50. The summed E-state index contributed by atoms with van der Waals surface area (Å²) < 4.78 is 23.0. The van der Waals surface area contributed by atoms with Crippen molar-refractivity contribution in [3.05, 3.63) is 54.0 Å². The number of rotatable bonds is 6. The Kier molecular flexibility index (Phi) is 6.57. The Labute approximate surface area is 163 Å². The molecule has 1 aromatic carbocycles. The van der Waals surface area contributed by atoms with Gasteiger partial charge in [0.05, 0.1) is 7.11 Å². The number of likely N-dealkylation sites (tertiary alicyclic amines) is 1. The third-order valence-electron chi connectivity index (χ3n) is 3.81. The zero-order valence-electron chi connectivity index (χ0n) is 14.5. The number of carbonyl (C=O) groups excluding carboxylic acids is 2. The molecule has 1 amide bonds. The van der Waals surface area contributed by atoms with Crippen LogP contribution in [0.5, 0.6) is 11.6 Å². The molecular formula is C18H17FN2O4S2. The van der Waals surface area contributed by atoms with Crippen LogP contribution in [0.3, 0.4) is 0 Å². The minimum Gasteiger partial charge on any atom is -0.460 e. The average molecular weight is 408 g/mol. The fraction of sp³-hybridized carbons (Fsp3) is 0.278. The van der Waals surface area contributed by atoms with E-state index in [1.165, 1.54) is 42.2 Å². The van der Waals surface area contributed by atoms with Gasteiger partial charge < -0.3 is 14.4 Å². The minimum atomic E-state index is -0.369. The van der Waals surface area contributed by atoms with Crippen molar-refractivity contribution in [2.75, 3.05) is 13.7 Å². The normalized spacial score (nSPS) is 16.4. The molecule has 0 radical (unpaired) electrons. The number of carbonyl (C=O) groups is 2. The quantitative estimate of drug-likeness (QED) is 0.522. The van der Waals surface area contributed by atoms with Gasteiger partial charge in [-0.2, -0.15) is 0 Å². The number of benzene rings is 1. The first kappa shape index (κ1) is 19.5. The maximum atomic E-state index is 12.9. The molecule has 2 aromatic rings. The third-order valence-corrected chi connectivity index (χ3v) is 6.31. The van der Waals surface area contributed by atoms with Gasteiger partial charge in [-0.3, -0.25) is 4.79 Å². The van der Waals surface area contributed by atoms with Crippen LogP contribution in [0.15, 0.2) is 42.6 Å². The van der Waals surface area contributed by atoms with Crippen molar-refractivity contribution >= 4 is 32.8 Å². The lowest BCUT2D eigenvalue weighted by Gasteiger charge is -2.16. The second kappa shape index (κ2) is 9.09. The number of ether oxygens (including phenoxy) is 2. The summed E-state index contributed by atoms with van der Waals surface area (Å²) >= 11 is 0. The number of halogens is 1. The van der Waals surface area contributed by atoms with Gasteiger partial charge >= 0.3 is 5.30 Å². The van der Waals surface area contributed by atoms with Crippen LogP contribution in [0.4, 0.5) is 9.18 Å². The van der Waals surface area contributed by atoms with Gasteiger partial charge in [-0.05, 0) is 29.8 Å². The molecule has 0 aliphatic carbocycles. The number of pyridine rings is 1. The van der Waals surface area contributed by atoms with Crippen molar-refractivity contribution in [3.63, 3.8) is 0 Å². The predicted molar refractivity (Wildman–Crippen MR) is 102 cm³/mol. The SMILES string of the molecule is COC(=O)SS[C@@H]1CC(=O)N(Cc2ccc(Oc3ccc(F)cc3)nc2)C1. The molecule has 9 heteroatoms. The van der Waals surface area contributed by atoms with Crippen LogP contribution in [0, 0.1) is 5.82 Å². The first-order valence-corrected chi connectivity index (χ1v) is 10.3. The molecule has 0 unspecified atom stereocenters. The second-order valence-corrected chi connectivity index (χ2v) is 8.23. The van der Waals surface area contributed by atoms with Crippen molar-refractivity contribution in [1.82, 2.24) is 9.88 Å². The maximum absolute atomic E-state index is 12.9. The van der Waals surface area contributed by atoms with Crippen LogP contribution in [0.2, 0.25) is 0 Å². The molecule has 0 spiro atoms. The van der Waals surface area contributed by atoms with Crippen LogP contribution in [-0.2, 0) is 16.1 Å². The summed E-state index contributed by atoms with van der Waals surface area (Å²) in [6, 6.07) is 9.22. The van der Waals surface area contributed by atoms with Crippen LogP contribution < -0.4 is 4.74 Å². The van der Waals surface area contributed by atoms with Gasteiger partial charge in [0.15, 0.2) is 0 Å². The molecule has 1 aromatic heterocycles. The highest BCUT2D eigenvalue weighted by Gasteiger charge is 2.30. The molecule has 0 N–H and O–H groups in total. The highest BCUT2D eigenvalue weighted by molar-refractivity contribution is 8.82. The number of amides is 1. The van der Waals surface area contributed by atoms with E-state index in [9.17, 15) is 14.0 Å². The van der Waals surface area contributed by atoms with Crippen LogP contribution in [-0.4, -0.2) is 40.0 Å². The fourth-order valence-corrected chi connectivity index (χ4v) is 4.47. The molecule has 1 atom stereocenters. The van der Waals surface area contributed by atoms with Crippen LogP contribution in [0.1, 0.15) is 12.0 Å². The standard InChI is InChI=1S/C18H17FN2O4S2/c1-24-18(23)27-26-15-8-17(22)21(11-15)10-12-2-7-16(20-9-12)25-14-5-3-13(19)4-6-14/h2-7,9,15H,8,10-11H2,1H3/t15-/m1/s1. The number of hydrogen-bond acceptors (Lipinski definition) is 7. The number of methoxy groups -OCH3 is 1. The first-order chi connectivity index (χ1) is 13.0. The summed E-state index contributed by atoms with van der Waals surface area (Å²) in [5.74, 6) is 0.599. The van der Waals surface area contributed by atoms with Crippen molar-refractivity contribution in [2.45, 2.75) is 18.2 Å². The zero-order valence-corrected chi connectivity index (χ0v) is 16.1. The summed E-state index contributed by atoms with van der Waals surface area (Å²) in [7, 11) is 3.70. The Morgan fingerprint density at radius 3 is 2.74 bits per heavy atom. The van der Waals surface area contributed by atoms with Crippen LogP contribution >= 0.6 is 21.6 Å². The van der Waals surface area contributed by atoms with E-state index in [4.69, 9.17) is 4.74 Å². The zero-order chi connectivity index (χ0) is 19.2. The van der Waals surface area contributed by atoms with E-state index in [0.717, 1.165) is 16.4 Å². The molecule has 3 rings (SSSR count). The molecule has 0 bridgehead atoms. The van der Waals surface area contributed by atoms with E-state index >= 15 is 0 Å². The van der Waals surface area contributed by atoms with Gasteiger partial charge in [0.1, 0.15) is 11.6 Å². The first-order valence-electron chi connectivity index (χ1n) is 8.11. The molecule has 142 valence electrons. The van der Waals surface area contributed by atoms with Crippen LogP contribution in [0.25, 0.3) is 0 Å². The minimum absolute atomic E-state index is 0.0459. The molecule has 6 nitrogen and oxygen atoms in total. The summed E-state index contributed by atoms with van der Waals surface area (Å²) in [4.78, 5) is 29.3. The number of nitrogens with zero attached hydrogens (tertiary/aromatic N) is 2.